The van der Waals surface area contributed by atoms with E-state index in [1.54, 1.807) is 5.38 Å². The van der Waals surface area contributed by atoms with Gasteiger partial charge in [0.05, 0.1) is 0 Å². The van der Waals surface area contributed by atoms with Crippen LogP contribution < -0.4 is 16.0 Å². The van der Waals surface area contributed by atoms with Crippen LogP contribution in [0.4, 0.5) is 5.69 Å². The summed E-state index contributed by atoms with van der Waals surface area (Å²) in [5.74, 6) is -0.113. The van der Waals surface area contributed by atoms with E-state index in [2.05, 4.69) is 39.5 Å². The predicted molar refractivity (Wildman–Crippen MR) is 89.3 cm³/mol. The largest absolute Gasteiger partial charge is 0.371 e. The standard InChI is InChI=1S/C16H20N4OS/c17-10-15-19-13(11-22-15)16(21)18-7-3-8-20-9-6-12-4-1-2-5-14(12)20/h1-2,4-5,11H,3,6-10,17H2,(H,18,21). The van der Waals surface area contributed by atoms with Gasteiger partial charge in [0.15, 0.2) is 0 Å². The Morgan fingerprint density at radius 1 is 1.41 bits per heavy atom. The molecule has 0 atom stereocenters. The number of rotatable bonds is 6. The van der Waals surface area contributed by atoms with Crippen molar-refractivity contribution in [2.24, 2.45) is 5.73 Å². The third kappa shape index (κ3) is 3.28. The molecule has 0 radical (unpaired) electrons. The summed E-state index contributed by atoms with van der Waals surface area (Å²) in [6, 6.07) is 8.53. The molecule has 2 aromatic rings. The van der Waals surface area contributed by atoms with Gasteiger partial charge in [-0.05, 0) is 24.5 Å². The van der Waals surface area contributed by atoms with E-state index in [4.69, 9.17) is 5.73 Å². The normalized spacial score (nSPS) is 13.2. The van der Waals surface area contributed by atoms with E-state index < -0.39 is 0 Å². The molecule has 0 saturated heterocycles. The summed E-state index contributed by atoms with van der Waals surface area (Å²) in [6.07, 6.45) is 2.04. The van der Waals surface area contributed by atoms with Gasteiger partial charge in [-0.15, -0.1) is 11.3 Å². The first-order valence-corrected chi connectivity index (χ1v) is 8.41. The van der Waals surface area contributed by atoms with Gasteiger partial charge >= 0.3 is 0 Å². The molecule has 22 heavy (non-hydrogen) atoms. The van der Waals surface area contributed by atoms with Crippen LogP contribution in [0.1, 0.15) is 27.5 Å². The number of nitrogens with one attached hydrogen (secondary N) is 1. The SMILES string of the molecule is NCc1nc(C(=O)NCCCN2CCc3ccccc32)cs1. The van der Waals surface area contributed by atoms with Crippen LogP contribution in [-0.2, 0) is 13.0 Å². The van der Waals surface area contributed by atoms with Gasteiger partial charge in [-0.2, -0.15) is 0 Å². The number of amides is 1. The average molecular weight is 316 g/mol. The quantitative estimate of drug-likeness (QED) is 0.797. The predicted octanol–water partition coefficient (Wildman–Crippen LogP) is 1.78. The molecular formula is C16H20N4OS. The highest BCUT2D eigenvalue weighted by molar-refractivity contribution is 7.09. The molecule has 0 spiro atoms. The third-order valence-electron chi connectivity index (χ3n) is 3.83. The minimum Gasteiger partial charge on any atom is -0.371 e. The number of nitrogens with two attached hydrogens (primary N) is 1. The number of thiazole rings is 1. The first-order valence-electron chi connectivity index (χ1n) is 7.53. The minimum absolute atomic E-state index is 0.113. The molecule has 0 fully saturated rings. The zero-order valence-corrected chi connectivity index (χ0v) is 13.2. The number of hydrogen-bond donors (Lipinski definition) is 2. The maximum absolute atomic E-state index is 11.9. The molecule has 5 nitrogen and oxygen atoms in total. The van der Waals surface area contributed by atoms with Gasteiger partial charge in [-0.25, -0.2) is 4.98 Å². The molecule has 6 heteroatoms. The van der Waals surface area contributed by atoms with Crippen molar-refractivity contribution >= 4 is 22.9 Å². The Labute approximate surface area is 134 Å². The Morgan fingerprint density at radius 2 is 2.27 bits per heavy atom. The Kier molecular flexibility index (Phi) is 4.70. The van der Waals surface area contributed by atoms with Gasteiger partial charge < -0.3 is 16.0 Å². The molecule has 0 unspecified atom stereocenters. The lowest BCUT2D eigenvalue weighted by atomic mass is 10.2. The van der Waals surface area contributed by atoms with Crippen molar-refractivity contribution in [3.63, 3.8) is 0 Å². The molecule has 1 aromatic heterocycles. The number of carbonyl (C=O) groups is 1. The molecule has 3 N–H and O–H groups in total. The number of para-hydroxylation sites is 1. The first-order chi connectivity index (χ1) is 10.8. The third-order valence-corrected chi connectivity index (χ3v) is 4.70. The number of benzene rings is 1. The number of carbonyl (C=O) groups excluding carboxylic acids is 1. The smallest absolute Gasteiger partial charge is 0.270 e. The van der Waals surface area contributed by atoms with Gasteiger partial charge in [0.25, 0.3) is 5.91 Å². The summed E-state index contributed by atoms with van der Waals surface area (Å²) < 4.78 is 0. The monoisotopic (exact) mass is 316 g/mol. The van der Waals surface area contributed by atoms with Crippen LogP contribution in [0, 0.1) is 0 Å². The van der Waals surface area contributed by atoms with E-state index in [0.29, 0.717) is 18.8 Å². The van der Waals surface area contributed by atoms with Crippen molar-refractivity contribution in [1.29, 1.82) is 0 Å². The van der Waals surface area contributed by atoms with E-state index in [-0.39, 0.29) is 5.91 Å². The van der Waals surface area contributed by atoms with Gasteiger partial charge in [-0.1, -0.05) is 18.2 Å². The second kappa shape index (κ2) is 6.89. The molecule has 1 aromatic carbocycles. The van der Waals surface area contributed by atoms with Crippen molar-refractivity contribution < 1.29 is 4.79 Å². The van der Waals surface area contributed by atoms with Crippen LogP contribution in [0.2, 0.25) is 0 Å². The van der Waals surface area contributed by atoms with Crippen molar-refractivity contribution in [3.05, 3.63) is 45.9 Å². The van der Waals surface area contributed by atoms with E-state index in [1.807, 2.05) is 0 Å². The Hall–Kier alpha value is -1.92. The maximum Gasteiger partial charge on any atom is 0.270 e. The summed E-state index contributed by atoms with van der Waals surface area (Å²) in [7, 11) is 0. The molecule has 0 saturated carbocycles. The molecule has 2 heterocycles. The number of anilines is 1. The average Bonchev–Trinajstić information content (AvgIpc) is 3.18. The molecule has 0 aliphatic carbocycles. The van der Waals surface area contributed by atoms with Gasteiger partial charge in [0, 0.05) is 37.2 Å². The maximum atomic E-state index is 11.9. The number of nitrogens with zero attached hydrogens (tertiary/aromatic N) is 2. The number of hydrogen-bond acceptors (Lipinski definition) is 5. The second-order valence-corrected chi connectivity index (χ2v) is 6.25. The van der Waals surface area contributed by atoms with E-state index in [9.17, 15) is 4.79 Å². The van der Waals surface area contributed by atoms with Gasteiger partial charge in [0.1, 0.15) is 10.7 Å². The molecule has 1 amide bonds. The van der Waals surface area contributed by atoms with Crippen molar-refractivity contribution in [3.8, 4) is 0 Å². The van der Waals surface area contributed by atoms with Crippen LogP contribution >= 0.6 is 11.3 Å². The minimum atomic E-state index is -0.113. The highest BCUT2D eigenvalue weighted by Gasteiger charge is 2.17. The van der Waals surface area contributed by atoms with Crippen LogP contribution in [-0.4, -0.2) is 30.5 Å². The summed E-state index contributed by atoms with van der Waals surface area (Å²) >= 11 is 1.42. The number of aromatic nitrogens is 1. The fourth-order valence-electron chi connectivity index (χ4n) is 2.71. The van der Waals surface area contributed by atoms with E-state index in [1.165, 1.54) is 22.6 Å². The van der Waals surface area contributed by atoms with Crippen molar-refractivity contribution in [1.82, 2.24) is 10.3 Å². The Bertz CT molecular complexity index is 655. The highest BCUT2D eigenvalue weighted by atomic mass is 32.1. The fourth-order valence-corrected chi connectivity index (χ4v) is 3.36. The Morgan fingerprint density at radius 3 is 3.09 bits per heavy atom. The van der Waals surface area contributed by atoms with Crippen molar-refractivity contribution in [2.75, 3.05) is 24.5 Å². The summed E-state index contributed by atoms with van der Waals surface area (Å²) in [6.45, 7) is 3.07. The van der Waals surface area contributed by atoms with Gasteiger partial charge in [0.2, 0.25) is 0 Å². The van der Waals surface area contributed by atoms with Crippen LogP contribution in [0.15, 0.2) is 29.6 Å². The first kappa shape index (κ1) is 15.0. The Balaban J connectivity index is 1.43. The van der Waals surface area contributed by atoms with Crippen LogP contribution in [0.5, 0.6) is 0 Å². The van der Waals surface area contributed by atoms with Crippen LogP contribution in [0.25, 0.3) is 0 Å². The number of fused-ring (bicyclic) bond motifs is 1. The molecular weight excluding hydrogens is 296 g/mol. The van der Waals surface area contributed by atoms with Gasteiger partial charge in [-0.3, -0.25) is 4.79 Å². The van der Waals surface area contributed by atoms with Crippen LogP contribution in [0.3, 0.4) is 0 Å². The van der Waals surface area contributed by atoms with E-state index in [0.717, 1.165) is 30.9 Å². The summed E-state index contributed by atoms with van der Waals surface area (Å²) in [5.41, 5.74) is 8.73. The second-order valence-electron chi connectivity index (χ2n) is 5.31. The zero-order chi connectivity index (χ0) is 15.4. The molecule has 3 rings (SSSR count). The zero-order valence-electron chi connectivity index (χ0n) is 12.4. The lowest BCUT2D eigenvalue weighted by molar-refractivity contribution is 0.0949. The lowest BCUT2D eigenvalue weighted by Gasteiger charge is -2.19. The molecule has 1 aliphatic rings. The van der Waals surface area contributed by atoms with E-state index >= 15 is 0 Å². The fraction of sp³-hybridized carbons (Fsp3) is 0.375. The highest BCUT2D eigenvalue weighted by Crippen LogP contribution is 2.27. The van der Waals surface area contributed by atoms with Crippen molar-refractivity contribution in [2.45, 2.75) is 19.4 Å². The summed E-state index contributed by atoms with van der Waals surface area (Å²) in [5, 5.41) is 5.47. The molecule has 0 bridgehead atoms. The topological polar surface area (TPSA) is 71.2 Å². The lowest BCUT2D eigenvalue weighted by Crippen LogP contribution is -2.29. The molecule has 1 aliphatic heterocycles. The summed E-state index contributed by atoms with van der Waals surface area (Å²) in [4.78, 5) is 18.5. The molecule has 116 valence electrons.